The van der Waals surface area contributed by atoms with Gasteiger partial charge < -0.3 is 5.11 Å². The highest BCUT2D eigenvalue weighted by molar-refractivity contribution is 4.94. The molecule has 90 valence electrons. The van der Waals surface area contributed by atoms with Gasteiger partial charge in [-0.15, -0.1) is 5.10 Å². The van der Waals surface area contributed by atoms with E-state index in [-0.39, 0.29) is 6.61 Å². The second-order valence-corrected chi connectivity index (χ2v) is 4.52. The molecule has 16 heavy (non-hydrogen) atoms. The predicted octanol–water partition coefficient (Wildman–Crippen LogP) is 0.552. The van der Waals surface area contributed by atoms with E-state index < -0.39 is 0 Å². The van der Waals surface area contributed by atoms with Gasteiger partial charge in [0, 0.05) is 39.0 Å². The van der Waals surface area contributed by atoms with E-state index >= 15 is 0 Å². The van der Waals surface area contributed by atoms with Gasteiger partial charge in [-0.3, -0.25) is 9.58 Å². The van der Waals surface area contributed by atoms with E-state index in [4.69, 9.17) is 5.11 Å². The van der Waals surface area contributed by atoms with Gasteiger partial charge in [-0.25, -0.2) is 0 Å². The molecule has 0 aliphatic heterocycles. The van der Waals surface area contributed by atoms with Crippen molar-refractivity contribution in [2.45, 2.75) is 38.3 Å². The van der Waals surface area contributed by atoms with Gasteiger partial charge >= 0.3 is 0 Å². The Bertz CT molecular complexity index is 322. The number of hydrogen-bond donors (Lipinski definition) is 1. The van der Waals surface area contributed by atoms with Gasteiger partial charge in [0.1, 0.15) is 0 Å². The van der Waals surface area contributed by atoms with Crippen LogP contribution in [0, 0.1) is 0 Å². The third-order valence-corrected chi connectivity index (χ3v) is 3.21. The van der Waals surface area contributed by atoms with Crippen LogP contribution in [0.25, 0.3) is 0 Å². The second kappa shape index (κ2) is 5.41. The van der Waals surface area contributed by atoms with E-state index in [0.717, 1.165) is 25.2 Å². The molecule has 0 aromatic carbocycles. The summed E-state index contributed by atoms with van der Waals surface area (Å²) in [5.74, 6) is 0. The molecule has 0 bridgehead atoms. The minimum atomic E-state index is 0.268. The standard InChI is InChI=1S/C11H20N4O/c1-14-8-10(12-13-14)9-15(6-3-7-16)11-4-2-5-11/h8,11,16H,2-7,9H2,1H3. The zero-order chi connectivity index (χ0) is 11.4. The Morgan fingerprint density at radius 1 is 1.56 bits per heavy atom. The Morgan fingerprint density at radius 2 is 2.38 bits per heavy atom. The molecule has 1 aliphatic carbocycles. The maximum atomic E-state index is 8.90. The van der Waals surface area contributed by atoms with Crippen molar-refractivity contribution >= 4 is 0 Å². The molecule has 1 aliphatic rings. The van der Waals surface area contributed by atoms with Gasteiger partial charge in [-0.1, -0.05) is 11.6 Å². The van der Waals surface area contributed by atoms with Crippen LogP contribution in [0.3, 0.4) is 0 Å². The second-order valence-electron chi connectivity index (χ2n) is 4.52. The maximum Gasteiger partial charge on any atom is 0.0967 e. The lowest BCUT2D eigenvalue weighted by Gasteiger charge is -2.37. The van der Waals surface area contributed by atoms with Gasteiger partial charge in [0.05, 0.1) is 5.69 Å². The number of nitrogens with zero attached hydrogens (tertiary/aromatic N) is 4. The van der Waals surface area contributed by atoms with Crippen LogP contribution in [-0.2, 0) is 13.6 Å². The molecule has 1 N–H and O–H groups in total. The summed E-state index contributed by atoms with van der Waals surface area (Å²) in [5.41, 5.74) is 1.02. The topological polar surface area (TPSA) is 54.2 Å². The highest BCUT2D eigenvalue weighted by Gasteiger charge is 2.25. The van der Waals surface area contributed by atoms with Crippen LogP contribution in [0.5, 0.6) is 0 Å². The Kier molecular flexibility index (Phi) is 3.90. The summed E-state index contributed by atoms with van der Waals surface area (Å²) in [6.45, 7) is 2.08. The third-order valence-electron chi connectivity index (χ3n) is 3.21. The minimum absolute atomic E-state index is 0.268. The fourth-order valence-corrected chi connectivity index (χ4v) is 2.09. The van der Waals surface area contributed by atoms with Crippen LogP contribution >= 0.6 is 0 Å². The predicted molar refractivity (Wildman–Crippen MR) is 60.8 cm³/mol. The Balaban J connectivity index is 1.90. The van der Waals surface area contributed by atoms with E-state index in [2.05, 4.69) is 15.2 Å². The molecular weight excluding hydrogens is 204 g/mol. The summed E-state index contributed by atoms with van der Waals surface area (Å²) in [7, 11) is 1.89. The Hall–Kier alpha value is -0.940. The number of aliphatic hydroxyl groups is 1. The van der Waals surface area contributed by atoms with Crippen molar-refractivity contribution in [1.29, 1.82) is 0 Å². The number of aryl methyl sites for hydroxylation is 1. The molecule has 1 saturated carbocycles. The summed E-state index contributed by atoms with van der Waals surface area (Å²) < 4.78 is 1.74. The van der Waals surface area contributed by atoms with Gasteiger partial charge in [-0.2, -0.15) is 0 Å². The first kappa shape index (κ1) is 11.5. The van der Waals surface area contributed by atoms with E-state index in [9.17, 15) is 0 Å². The van der Waals surface area contributed by atoms with Gasteiger partial charge in [0.25, 0.3) is 0 Å². The summed E-state index contributed by atoms with van der Waals surface area (Å²) in [4.78, 5) is 2.42. The van der Waals surface area contributed by atoms with E-state index in [1.54, 1.807) is 4.68 Å². The lowest BCUT2D eigenvalue weighted by Crippen LogP contribution is -2.40. The minimum Gasteiger partial charge on any atom is -0.396 e. The van der Waals surface area contributed by atoms with Crippen LogP contribution < -0.4 is 0 Å². The van der Waals surface area contributed by atoms with Crippen molar-refractivity contribution in [2.24, 2.45) is 7.05 Å². The van der Waals surface area contributed by atoms with Gasteiger partial charge in [-0.05, 0) is 19.3 Å². The molecule has 1 aromatic heterocycles. The smallest absolute Gasteiger partial charge is 0.0967 e. The highest BCUT2D eigenvalue weighted by Crippen LogP contribution is 2.25. The quantitative estimate of drug-likeness (QED) is 0.767. The third kappa shape index (κ3) is 2.80. The van der Waals surface area contributed by atoms with Crippen molar-refractivity contribution in [3.05, 3.63) is 11.9 Å². The molecule has 0 saturated heterocycles. The molecule has 0 amide bonds. The number of aliphatic hydroxyl groups excluding tert-OH is 1. The molecule has 0 spiro atoms. The maximum absolute atomic E-state index is 8.90. The molecule has 1 aromatic rings. The van der Waals surface area contributed by atoms with Crippen molar-refractivity contribution in [1.82, 2.24) is 19.9 Å². The monoisotopic (exact) mass is 224 g/mol. The summed E-state index contributed by atoms with van der Waals surface area (Å²) in [6.07, 6.45) is 6.71. The first-order chi connectivity index (χ1) is 7.79. The number of hydrogen-bond acceptors (Lipinski definition) is 4. The van der Waals surface area contributed by atoms with Crippen molar-refractivity contribution < 1.29 is 5.11 Å². The molecule has 5 heteroatoms. The molecule has 0 radical (unpaired) electrons. The van der Waals surface area contributed by atoms with Gasteiger partial charge in [0.15, 0.2) is 0 Å². The van der Waals surface area contributed by atoms with Crippen LogP contribution in [0.2, 0.25) is 0 Å². The summed E-state index contributed by atoms with van der Waals surface area (Å²) >= 11 is 0. The van der Waals surface area contributed by atoms with Crippen molar-refractivity contribution in [3.8, 4) is 0 Å². The molecular formula is C11H20N4O. The Labute approximate surface area is 96.1 Å². The van der Waals surface area contributed by atoms with E-state index in [1.807, 2.05) is 13.2 Å². The molecule has 5 nitrogen and oxygen atoms in total. The van der Waals surface area contributed by atoms with Crippen molar-refractivity contribution in [3.63, 3.8) is 0 Å². The lowest BCUT2D eigenvalue weighted by molar-refractivity contribution is 0.108. The first-order valence-corrected chi connectivity index (χ1v) is 5.99. The van der Waals surface area contributed by atoms with Crippen LogP contribution in [0.4, 0.5) is 0 Å². The molecule has 1 fully saturated rings. The fraction of sp³-hybridized carbons (Fsp3) is 0.818. The molecule has 0 atom stereocenters. The summed E-state index contributed by atoms with van der Waals surface area (Å²) in [6, 6.07) is 0.688. The normalized spacial score (nSPS) is 16.7. The zero-order valence-electron chi connectivity index (χ0n) is 9.84. The van der Waals surface area contributed by atoms with E-state index in [1.165, 1.54) is 19.3 Å². The average Bonchev–Trinajstić information content (AvgIpc) is 2.58. The number of rotatable bonds is 6. The molecule has 1 heterocycles. The fourth-order valence-electron chi connectivity index (χ4n) is 2.09. The van der Waals surface area contributed by atoms with Crippen LogP contribution in [0.15, 0.2) is 6.20 Å². The summed E-state index contributed by atoms with van der Waals surface area (Å²) in [5, 5.41) is 17.0. The first-order valence-electron chi connectivity index (χ1n) is 5.99. The molecule has 0 unspecified atom stereocenters. The van der Waals surface area contributed by atoms with Crippen LogP contribution in [-0.4, -0.2) is 44.2 Å². The van der Waals surface area contributed by atoms with Gasteiger partial charge in [0.2, 0.25) is 0 Å². The Morgan fingerprint density at radius 3 is 2.88 bits per heavy atom. The average molecular weight is 224 g/mol. The largest absolute Gasteiger partial charge is 0.396 e. The van der Waals surface area contributed by atoms with E-state index in [0.29, 0.717) is 6.04 Å². The SMILES string of the molecule is Cn1cc(CN(CCCO)C2CCC2)nn1. The van der Waals surface area contributed by atoms with Crippen LogP contribution in [0.1, 0.15) is 31.4 Å². The number of aromatic nitrogens is 3. The molecule has 2 rings (SSSR count). The highest BCUT2D eigenvalue weighted by atomic mass is 16.3. The lowest BCUT2D eigenvalue weighted by atomic mass is 9.91. The zero-order valence-corrected chi connectivity index (χ0v) is 9.84. The van der Waals surface area contributed by atoms with Crippen molar-refractivity contribution in [2.75, 3.05) is 13.2 Å².